The molecular formula is C12H16BrClN2O2S. The van der Waals surface area contributed by atoms with Crippen LogP contribution >= 0.6 is 27.5 Å². The quantitative estimate of drug-likeness (QED) is 0.860. The van der Waals surface area contributed by atoms with Crippen molar-refractivity contribution in [1.29, 1.82) is 0 Å². The zero-order chi connectivity index (χ0) is 14.1. The SMILES string of the molecule is NCC1(Nc2ccc(Cl)c(Br)c2)CCS(=O)(=O)CC1. The fourth-order valence-electron chi connectivity index (χ4n) is 2.19. The lowest BCUT2D eigenvalue weighted by Gasteiger charge is -2.37. The minimum Gasteiger partial charge on any atom is -0.378 e. The molecule has 0 bridgehead atoms. The van der Waals surface area contributed by atoms with Crippen LogP contribution in [0.2, 0.25) is 5.02 Å². The number of halogens is 2. The van der Waals surface area contributed by atoms with Gasteiger partial charge in [-0.15, -0.1) is 0 Å². The molecule has 0 spiro atoms. The molecule has 1 saturated heterocycles. The molecule has 4 nitrogen and oxygen atoms in total. The second kappa shape index (κ2) is 5.60. The average molecular weight is 368 g/mol. The van der Waals surface area contributed by atoms with Crippen molar-refractivity contribution in [2.75, 3.05) is 23.4 Å². The van der Waals surface area contributed by atoms with Gasteiger partial charge in [0.25, 0.3) is 0 Å². The first-order valence-electron chi connectivity index (χ1n) is 6.00. The van der Waals surface area contributed by atoms with E-state index in [2.05, 4.69) is 21.2 Å². The molecule has 0 radical (unpaired) electrons. The van der Waals surface area contributed by atoms with E-state index in [1.54, 1.807) is 6.07 Å². The maximum absolute atomic E-state index is 11.5. The molecule has 0 unspecified atom stereocenters. The molecule has 2 rings (SSSR count). The predicted molar refractivity (Wildman–Crippen MR) is 82.4 cm³/mol. The van der Waals surface area contributed by atoms with E-state index >= 15 is 0 Å². The normalized spacial score (nSPS) is 21.0. The van der Waals surface area contributed by atoms with Gasteiger partial charge in [-0.1, -0.05) is 11.6 Å². The number of benzene rings is 1. The Bertz CT molecular complexity index is 563. The number of hydrogen-bond donors (Lipinski definition) is 2. The second-order valence-corrected chi connectivity index (χ2v) is 8.46. The summed E-state index contributed by atoms with van der Waals surface area (Å²) in [5.74, 6) is 0.373. The lowest BCUT2D eigenvalue weighted by Crippen LogP contribution is -2.51. The molecule has 1 aromatic rings. The van der Waals surface area contributed by atoms with Crippen LogP contribution in [0.25, 0.3) is 0 Å². The number of nitrogens with one attached hydrogen (secondary N) is 1. The van der Waals surface area contributed by atoms with Gasteiger partial charge in [-0.2, -0.15) is 0 Å². The van der Waals surface area contributed by atoms with Crippen molar-refractivity contribution in [3.8, 4) is 0 Å². The molecule has 19 heavy (non-hydrogen) atoms. The molecule has 0 atom stereocenters. The van der Waals surface area contributed by atoms with Gasteiger partial charge in [0.2, 0.25) is 0 Å². The average Bonchev–Trinajstić information content (AvgIpc) is 2.37. The van der Waals surface area contributed by atoms with E-state index in [0.717, 1.165) is 10.2 Å². The van der Waals surface area contributed by atoms with E-state index in [1.165, 1.54) is 0 Å². The Morgan fingerprint density at radius 3 is 2.53 bits per heavy atom. The number of rotatable bonds is 3. The topological polar surface area (TPSA) is 72.2 Å². The van der Waals surface area contributed by atoms with Crippen LogP contribution in [-0.2, 0) is 9.84 Å². The third kappa shape index (κ3) is 3.62. The maximum Gasteiger partial charge on any atom is 0.150 e. The minimum atomic E-state index is -2.90. The standard InChI is InChI=1S/C12H16BrClN2O2S/c13-10-7-9(1-2-11(10)14)16-12(8-15)3-5-19(17,18)6-4-12/h1-2,7,16H,3-6,8,15H2. The van der Waals surface area contributed by atoms with E-state index in [4.69, 9.17) is 17.3 Å². The van der Waals surface area contributed by atoms with Crippen LogP contribution < -0.4 is 11.1 Å². The number of hydrogen-bond acceptors (Lipinski definition) is 4. The molecule has 1 aromatic carbocycles. The monoisotopic (exact) mass is 366 g/mol. The Labute approximate surface area is 126 Å². The minimum absolute atomic E-state index is 0.186. The van der Waals surface area contributed by atoms with Gasteiger partial charge in [0, 0.05) is 16.7 Å². The highest BCUT2D eigenvalue weighted by Crippen LogP contribution is 2.31. The van der Waals surface area contributed by atoms with Crippen LogP contribution in [-0.4, -0.2) is 32.0 Å². The highest BCUT2D eigenvalue weighted by Gasteiger charge is 2.36. The van der Waals surface area contributed by atoms with Crippen LogP contribution in [0.1, 0.15) is 12.8 Å². The summed E-state index contributed by atoms with van der Waals surface area (Å²) in [4.78, 5) is 0. The first-order valence-corrected chi connectivity index (χ1v) is 8.99. The summed E-state index contributed by atoms with van der Waals surface area (Å²) in [6, 6.07) is 5.54. The van der Waals surface area contributed by atoms with Crippen LogP contribution in [0.15, 0.2) is 22.7 Å². The molecule has 1 fully saturated rings. The largest absolute Gasteiger partial charge is 0.378 e. The van der Waals surface area contributed by atoms with Crippen molar-refractivity contribution in [2.24, 2.45) is 5.73 Å². The van der Waals surface area contributed by atoms with Gasteiger partial charge in [-0.3, -0.25) is 0 Å². The van der Waals surface area contributed by atoms with Crippen LogP contribution in [0, 0.1) is 0 Å². The first-order chi connectivity index (χ1) is 8.86. The van der Waals surface area contributed by atoms with E-state index in [0.29, 0.717) is 24.4 Å². The molecule has 7 heteroatoms. The zero-order valence-electron chi connectivity index (χ0n) is 10.3. The summed E-state index contributed by atoms with van der Waals surface area (Å²) in [6.07, 6.45) is 1.07. The van der Waals surface area contributed by atoms with Crippen LogP contribution in [0.3, 0.4) is 0 Å². The molecule has 0 amide bonds. The van der Waals surface area contributed by atoms with Crippen LogP contribution in [0.4, 0.5) is 5.69 Å². The molecule has 1 aliphatic rings. The van der Waals surface area contributed by atoms with Gasteiger partial charge in [0.1, 0.15) is 0 Å². The van der Waals surface area contributed by atoms with Gasteiger partial charge in [-0.05, 0) is 47.0 Å². The summed E-state index contributed by atoms with van der Waals surface area (Å²) in [7, 11) is -2.90. The van der Waals surface area contributed by atoms with Crippen molar-refractivity contribution in [3.05, 3.63) is 27.7 Å². The van der Waals surface area contributed by atoms with Gasteiger partial charge in [0.15, 0.2) is 9.84 Å². The van der Waals surface area contributed by atoms with E-state index < -0.39 is 9.84 Å². The van der Waals surface area contributed by atoms with Crippen molar-refractivity contribution in [3.63, 3.8) is 0 Å². The molecule has 3 N–H and O–H groups in total. The van der Waals surface area contributed by atoms with Crippen molar-refractivity contribution in [1.82, 2.24) is 0 Å². The third-order valence-corrected chi connectivity index (χ3v) is 6.37. The molecule has 0 aliphatic carbocycles. The Morgan fingerprint density at radius 1 is 1.37 bits per heavy atom. The third-order valence-electron chi connectivity index (χ3n) is 3.50. The van der Waals surface area contributed by atoms with Gasteiger partial charge >= 0.3 is 0 Å². The summed E-state index contributed by atoms with van der Waals surface area (Å²) < 4.78 is 23.8. The summed E-state index contributed by atoms with van der Waals surface area (Å²) in [5.41, 5.74) is 6.39. The van der Waals surface area contributed by atoms with Gasteiger partial charge in [-0.25, -0.2) is 8.42 Å². The molecule has 0 aromatic heterocycles. The van der Waals surface area contributed by atoms with Crippen LogP contribution in [0.5, 0.6) is 0 Å². The maximum atomic E-state index is 11.5. The molecule has 1 heterocycles. The molecule has 106 valence electrons. The van der Waals surface area contributed by atoms with E-state index in [-0.39, 0.29) is 17.0 Å². The zero-order valence-corrected chi connectivity index (χ0v) is 13.5. The number of sulfone groups is 1. The first kappa shape index (κ1) is 15.1. The Balaban J connectivity index is 2.17. The molecule has 0 saturated carbocycles. The van der Waals surface area contributed by atoms with Gasteiger partial charge in [0.05, 0.1) is 22.1 Å². The van der Waals surface area contributed by atoms with Gasteiger partial charge < -0.3 is 11.1 Å². The van der Waals surface area contributed by atoms with E-state index in [9.17, 15) is 8.42 Å². The lowest BCUT2D eigenvalue weighted by molar-refractivity contribution is 0.426. The number of nitrogens with two attached hydrogens (primary N) is 1. The lowest BCUT2D eigenvalue weighted by atomic mass is 9.92. The summed E-state index contributed by atoms with van der Waals surface area (Å²) in [6.45, 7) is 0.406. The molecule has 1 aliphatic heterocycles. The van der Waals surface area contributed by atoms with Crippen molar-refractivity contribution in [2.45, 2.75) is 18.4 Å². The summed E-state index contributed by atoms with van der Waals surface area (Å²) >= 11 is 9.32. The second-order valence-electron chi connectivity index (χ2n) is 4.89. The Kier molecular flexibility index (Phi) is 4.45. The fourth-order valence-corrected chi connectivity index (χ4v) is 4.29. The Morgan fingerprint density at radius 2 is 2.00 bits per heavy atom. The number of anilines is 1. The highest BCUT2D eigenvalue weighted by atomic mass is 79.9. The Hall–Kier alpha value is -0.300. The van der Waals surface area contributed by atoms with E-state index in [1.807, 2.05) is 12.1 Å². The summed E-state index contributed by atoms with van der Waals surface area (Å²) in [5, 5.41) is 4.01. The van der Waals surface area contributed by atoms with Crippen molar-refractivity contribution < 1.29 is 8.42 Å². The highest BCUT2D eigenvalue weighted by molar-refractivity contribution is 9.10. The fraction of sp³-hybridized carbons (Fsp3) is 0.500. The van der Waals surface area contributed by atoms with Crippen molar-refractivity contribution >= 4 is 43.1 Å². The predicted octanol–water partition coefficient (Wildman–Crippen LogP) is 2.42. The smallest absolute Gasteiger partial charge is 0.150 e. The molecular weight excluding hydrogens is 352 g/mol.